The lowest BCUT2D eigenvalue weighted by atomic mass is 10.0. The fourth-order valence-electron chi connectivity index (χ4n) is 4.16. The smallest absolute Gasteiger partial charge is 0.130 e. The first-order valence-corrected chi connectivity index (χ1v) is 14.7. The lowest BCUT2D eigenvalue weighted by Gasteiger charge is -2.17. The molecule has 1 aromatic carbocycles. The van der Waals surface area contributed by atoms with E-state index < -0.39 is 0 Å². The summed E-state index contributed by atoms with van der Waals surface area (Å²) < 4.78 is 0. The molecule has 1 aliphatic rings. The van der Waals surface area contributed by atoms with E-state index in [1.54, 1.807) is 0 Å². The zero-order valence-electron chi connectivity index (χ0n) is 23.3. The molecule has 0 saturated carbocycles. The van der Waals surface area contributed by atoms with Gasteiger partial charge in [-0.25, -0.2) is 9.98 Å². The van der Waals surface area contributed by atoms with Gasteiger partial charge in [0.1, 0.15) is 11.7 Å². The van der Waals surface area contributed by atoms with Crippen LogP contribution in [0.4, 0.5) is 0 Å². The van der Waals surface area contributed by atoms with E-state index in [-0.39, 0.29) is 6.04 Å². The van der Waals surface area contributed by atoms with Gasteiger partial charge in [-0.05, 0) is 78.9 Å². The summed E-state index contributed by atoms with van der Waals surface area (Å²) in [6.45, 7) is 11.0. The minimum absolute atomic E-state index is 0.0945. The summed E-state index contributed by atoms with van der Waals surface area (Å²) in [5.41, 5.74) is 7.90. The number of thioether (sulfide) groups is 1. The van der Waals surface area contributed by atoms with Crippen LogP contribution in [0, 0.1) is 0 Å². The van der Waals surface area contributed by atoms with Crippen LogP contribution in [0.2, 0.25) is 0 Å². The maximum atomic E-state index is 4.87. The van der Waals surface area contributed by atoms with E-state index in [0.717, 1.165) is 72.7 Å². The number of allylic oxidation sites excluding steroid dienone is 7. The SMILES string of the molecule is CC(C)=CCCC(C)=CCCC(=CCSCC(NC1=NC=CC1)c1nc2ccccc2[nH]1)CC=C(C)C. The lowest BCUT2D eigenvalue weighted by Crippen LogP contribution is -2.29. The van der Waals surface area contributed by atoms with Crippen molar-refractivity contribution >= 4 is 28.6 Å². The molecule has 1 atom stereocenters. The fraction of sp³-hybridized carbons (Fsp3) is 0.438. The summed E-state index contributed by atoms with van der Waals surface area (Å²) >= 11 is 1.95. The first kappa shape index (κ1) is 28.8. The maximum absolute atomic E-state index is 4.87. The van der Waals surface area contributed by atoms with Gasteiger partial charge in [0, 0.05) is 24.1 Å². The molecule has 0 bridgehead atoms. The zero-order valence-corrected chi connectivity index (χ0v) is 24.1. The Labute approximate surface area is 228 Å². The summed E-state index contributed by atoms with van der Waals surface area (Å²) in [6, 6.07) is 8.32. The molecule has 1 aromatic heterocycles. The highest BCUT2D eigenvalue weighted by Gasteiger charge is 2.18. The minimum Gasteiger partial charge on any atom is -0.363 e. The highest BCUT2D eigenvalue weighted by atomic mass is 32.2. The van der Waals surface area contributed by atoms with Gasteiger partial charge in [0.15, 0.2) is 0 Å². The Morgan fingerprint density at radius 2 is 1.78 bits per heavy atom. The van der Waals surface area contributed by atoms with Crippen molar-refractivity contribution in [3.63, 3.8) is 0 Å². The van der Waals surface area contributed by atoms with E-state index in [1.165, 1.54) is 22.3 Å². The number of nitrogens with one attached hydrogen (secondary N) is 2. The van der Waals surface area contributed by atoms with E-state index in [9.17, 15) is 0 Å². The molecule has 2 aromatic rings. The van der Waals surface area contributed by atoms with Crippen LogP contribution in [0.3, 0.4) is 0 Å². The van der Waals surface area contributed by atoms with Gasteiger partial charge < -0.3 is 10.3 Å². The number of aromatic amines is 1. The molecule has 198 valence electrons. The standard InChI is InChI=1S/C32H44N4S/c1-24(2)11-8-12-26(5)13-9-14-27(19-18-25(3)4)20-22-37-23-30(34-31-17-10-21-33-31)32-35-28-15-6-7-16-29(28)36-32/h6-7,10-11,13,15-16,18,20-21,30H,8-9,12,14,17,19,22-23H2,1-5H3,(H,33,34)(H,35,36). The van der Waals surface area contributed by atoms with E-state index in [0.29, 0.717) is 0 Å². The molecule has 0 fully saturated rings. The van der Waals surface area contributed by atoms with Crippen molar-refractivity contribution in [1.82, 2.24) is 15.3 Å². The molecule has 5 heteroatoms. The number of fused-ring (bicyclic) bond motifs is 1. The minimum atomic E-state index is 0.0945. The van der Waals surface area contributed by atoms with Gasteiger partial charge >= 0.3 is 0 Å². The van der Waals surface area contributed by atoms with Gasteiger partial charge in [0.05, 0.1) is 17.1 Å². The van der Waals surface area contributed by atoms with Crippen molar-refractivity contribution < 1.29 is 0 Å². The number of rotatable bonds is 14. The van der Waals surface area contributed by atoms with E-state index in [1.807, 2.05) is 30.1 Å². The Balaban J connectivity index is 1.59. The Morgan fingerprint density at radius 1 is 1.00 bits per heavy atom. The summed E-state index contributed by atoms with van der Waals surface area (Å²) in [4.78, 5) is 12.9. The predicted molar refractivity (Wildman–Crippen MR) is 164 cm³/mol. The summed E-state index contributed by atoms with van der Waals surface area (Å²) in [5.74, 6) is 3.91. The molecule has 2 heterocycles. The number of H-pyrrole nitrogens is 1. The van der Waals surface area contributed by atoms with Gasteiger partial charge in [0.25, 0.3) is 0 Å². The second-order valence-corrected chi connectivity index (χ2v) is 11.4. The second kappa shape index (κ2) is 15.5. The molecule has 2 N–H and O–H groups in total. The van der Waals surface area contributed by atoms with E-state index >= 15 is 0 Å². The third-order valence-corrected chi connectivity index (χ3v) is 7.29. The van der Waals surface area contributed by atoms with Crippen molar-refractivity contribution in [2.75, 3.05) is 11.5 Å². The van der Waals surface area contributed by atoms with Crippen LogP contribution in [0.25, 0.3) is 11.0 Å². The van der Waals surface area contributed by atoms with Crippen molar-refractivity contribution in [3.8, 4) is 0 Å². The Morgan fingerprint density at radius 3 is 2.51 bits per heavy atom. The first-order valence-electron chi connectivity index (χ1n) is 13.5. The number of aromatic nitrogens is 2. The predicted octanol–water partition coefficient (Wildman–Crippen LogP) is 9.00. The normalized spacial score (nSPS) is 14.6. The Hall–Kier alpha value is -2.79. The van der Waals surface area contributed by atoms with Crippen LogP contribution < -0.4 is 5.32 Å². The highest BCUT2D eigenvalue weighted by Crippen LogP contribution is 2.22. The number of para-hydroxylation sites is 2. The number of amidine groups is 1. The van der Waals surface area contributed by atoms with Gasteiger partial charge in [-0.1, -0.05) is 64.8 Å². The molecule has 0 radical (unpaired) electrons. The van der Waals surface area contributed by atoms with Crippen LogP contribution >= 0.6 is 11.8 Å². The maximum Gasteiger partial charge on any atom is 0.130 e. The number of nitrogens with zero attached hydrogens (tertiary/aromatic N) is 2. The van der Waals surface area contributed by atoms with Crippen LogP contribution in [0.15, 0.2) is 88.1 Å². The Kier molecular flexibility index (Phi) is 12.0. The fourth-order valence-corrected chi connectivity index (χ4v) is 5.13. The zero-order chi connectivity index (χ0) is 26.5. The quantitative estimate of drug-likeness (QED) is 0.194. The van der Waals surface area contributed by atoms with Gasteiger partial charge in [0.2, 0.25) is 0 Å². The van der Waals surface area contributed by atoms with Crippen LogP contribution in [-0.4, -0.2) is 27.3 Å². The monoisotopic (exact) mass is 516 g/mol. The molecule has 3 rings (SSSR count). The summed E-state index contributed by atoms with van der Waals surface area (Å²) in [7, 11) is 0. The number of aliphatic imine (C=N–C) groups is 1. The molecule has 1 aliphatic heterocycles. The molecular formula is C32H44N4S. The van der Waals surface area contributed by atoms with Gasteiger partial charge in [-0.2, -0.15) is 11.8 Å². The first-order chi connectivity index (χ1) is 17.9. The molecule has 4 nitrogen and oxygen atoms in total. The van der Waals surface area contributed by atoms with Crippen molar-refractivity contribution in [2.24, 2.45) is 4.99 Å². The molecule has 0 amide bonds. The lowest BCUT2D eigenvalue weighted by molar-refractivity contribution is 0.682. The summed E-state index contributed by atoms with van der Waals surface area (Å²) in [5, 5.41) is 3.62. The molecule has 0 aliphatic carbocycles. The van der Waals surface area contributed by atoms with E-state index in [2.05, 4.69) is 92.4 Å². The molecule has 1 unspecified atom stereocenters. The molecular weight excluding hydrogens is 472 g/mol. The third-order valence-electron chi connectivity index (χ3n) is 6.32. The highest BCUT2D eigenvalue weighted by molar-refractivity contribution is 7.99. The van der Waals surface area contributed by atoms with Crippen molar-refractivity contribution in [2.45, 2.75) is 79.2 Å². The van der Waals surface area contributed by atoms with Crippen molar-refractivity contribution in [1.29, 1.82) is 0 Å². The average molecular weight is 517 g/mol. The van der Waals surface area contributed by atoms with Gasteiger partial charge in [-0.15, -0.1) is 0 Å². The number of hydrogen-bond donors (Lipinski definition) is 2. The number of benzene rings is 1. The van der Waals surface area contributed by atoms with Crippen LogP contribution in [-0.2, 0) is 0 Å². The van der Waals surface area contributed by atoms with Crippen LogP contribution in [0.5, 0.6) is 0 Å². The largest absolute Gasteiger partial charge is 0.363 e. The second-order valence-electron chi connectivity index (χ2n) is 10.3. The molecule has 0 saturated heterocycles. The Bertz CT molecular complexity index is 1150. The number of hydrogen-bond acceptors (Lipinski definition) is 4. The van der Waals surface area contributed by atoms with E-state index in [4.69, 9.17) is 4.98 Å². The topological polar surface area (TPSA) is 53.1 Å². The average Bonchev–Trinajstić information content (AvgIpc) is 3.53. The van der Waals surface area contributed by atoms with Crippen LogP contribution in [0.1, 0.15) is 85.0 Å². The van der Waals surface area contributed by atoms with Gasteiger partial charge in [-0.3, -0.25) is 0 Å². The molecule has 0 spiro atoms. The molecule has 37 heavy (non-hydrogen) atoms. The third kappa shape index (κ3) is 10.6. The van der Waals surface area contributed by atoms with Crippen molar-refractivity contribution in [3.05, 3.63) is 89.0 Å². The summed E-state index contributed by atoms with van der Waals surface area (Å²) in [6.07, 6.45) is 20.0. The number of imidazole rings is 1.